The first-order valence-electron chi connectivity index (χ1n) is 9.42. The van der Waals surface area contributed by atoms with Gasteiger partial charge in [0.15, 0.2) is 11.5 Å². The molecule has 0 aromatic heterocycles. The third kappa shape index (κ3) is 3.78. The number of nitrogens with one attached hydrogen (secondary N) is 2. The second-order valence-corrected chi connectivity index (χ2v) is 7.69. The van der Waals surface area contributed by atoms with Gasteiger partial charge in [0.25, 0.3) is 5.91 Å². The average Bonchev–Trinajstić information content (AvgIpc) is 2.96. The van der Waals surface area contributed by atoms with E-state index >= 15 is 0 Å². The largest absolute Gasteiger partial charge is 0.486 e. The minimum atomic E-state index is -1.26. The van der Waals surface area contributed by atoms with Crippen LogP contribution in [-0.4, -0.2) is 48.5 Å². The standard InChI is InChI=1S/C21H20ClN3O5/c1-21(13-6-8-14(22)9-7-13)19(27)25(20(28)24-21)11-18(26)23-10-15-12-29-16-4-2-3-5-17(16)30-15/h2-9,15H,10-12H2,1H3,(H,23,26)(H,24,28). The van der Waals surface area contributed by atoms with Gasteiger partial charge in [0.05, 0.1) is 6.54 Å². The topological polar surface area (TPSA) is 97.0 Å². The molecule has 1 saturated heterocycles. The van der Waals surface area contributed by atoms with Gasteiger partial charge in [-0.2, -0.15) is 0 Å². The number of carbonyl (C=O) groups excluding carboxylic acids is 3. The molecular formula is C21H20ClN3O5. The first-order chi connectivity index (χ1) is 14.4. The SMILES string of the molecule is CC1(c2ccc(Cl)cc2)NC(=O)N(CC(=O)NCC2COc3ccccc3O2)C1=O. The number of imide groups is 1. The van der Waals surface area contributed by atoms with Crippen LogP contribution in [0.25, 0.3) is 0 Å². The van der Waals surface area contributed by atoms with Crippen LogP contribution in [0, 0.1) is 0 Å². The predicted molar refractivity (Wildman–Crippen MR) is 108 cm³/mol. The lowest BCUT2D eigenvalue weighted by Crippen LogP contribution is -2.46. The van der Waals surface area contributed by atoms with E-state index in [9.17, 15) is 14.4 Å². The van der Waals surface area contributed by atoms with Crippen LogP contribution < -0.4 is 20.1 Å². The van der Waals surface area contributed by atoms with Crippen molar-refractivity contribution in [2.75, 3.05) is 19.7 Å². The van der Waals surface area contributed by atoms with Gasteiger partial charge in [0, 0.05) is 5.02 Å². The number of para-hydroxylation sites is 2. The number of amides is 4. The fraction of sp³-hybridized carbons (Fsp3) is 0.286. The lowest BCUT2D eigenvalue weighted by Gasteiger charge is -2.26. The summed E-state index contributed by atoms with van der Waals surface area (Å²) in [5, 5.41) is 5.87. The molecule has 2 aliphatic rings. The molecule has 156 valence electrons. The van der Waals surface area contributed by atoms with Crippen LogP contribution in [0.5, 0.6) is 11.5 Å². The molecule has 30 heavy (non-hydrogen) atoms. The van der Waals surface area contributed by atoms with Gasteiger partial charge in [-0.25, -0.2) is 4.79 Å². The van der Waals surface area contributed by atoms with Crippen LogP contribution in [0.3, 0.4) is 0 Å². The van der Waals surface area contributed by atoms with E-state index in [1.54, 1.807) is 43.3 Å². The van der Waals surface area contributed by atoms with Gasteiger partial charge >= 0.3 is 6.03 Å². The second-order valence-electron chi connectivity index (χ2n) is 7.26. The molecule has 2 atom stereocenters. The highest BCUT2D eigenvalue weighted by Crippen LogP contribution is 2.31. The quantitative estimate of drug-likeness (QED) is 0.709. The number of halogens is 1. The Balaban J connectivity index is 1.35. The molecule has 2 heterocycles. The van der Waals surface area contributed by atoms with Crippen LogP contribution >= 0.6 is 11.6 Å². The van der Waals surface area contributed by atoms with Crippen molar-refractivity contribution in [1.82, 2.24) is 15.5 Å². The molecule has 4 amide bonds. The van der Waals surface area contributed by atoms with Crippen molar-refractivity contribution in [3.8, 4) is 11.5 Å². The van der Waals surface area contributed by atoms with Gasteiger partial charge in [0.1, 0.15) is 24.8 Å². The molecule has 0 spiro atoms. The summed E-state index contributed by atoms with van der Waals surface area (Å²) in [6.07, 6.45) is -0.369. The maximum Gasteiger partial charge on any atom is 0.325 e. The van der Waals surface area contributed by atoms with Crippen molar-refractivity contribution < 1.29 is 23.9 Å². The van der Waals surface area contributed by atoms with Gasteiger partial charge < -0.3 is 20.1 Å². The van der Waals surface area contributed by atoms with Gasteiger partial charge in [-0.05, 0) is 36.8 Å². The molecular weight excluding hydrogens is 410 g/mol. The summed E-state index contributed by atoms with van der Waals surface area (Å²) >= 11 is 5.90. The number of urea groups is 1. The summed E-state index contributed by atoms with van der Waals surface area (Å²) in [5.74, 6) is 0.286. The zero-order valence-corrected chi connectivity index (χ0v) is 16.9. The van der Waals surface area contributed by atoms with Crippen molar-refractivity contribution in [3.63, 3.8) is 0 Å². The Morgan fingerprint density at radius 1 is 1.20 bits per heavy atom. The Morgan fingerprint density at radius 2 is 1.90 bits per heavy atom. The van der Waals surface area contributed by atoms with E-state index in [4.69, 9.17) is 21.1 Å². The molecule has 2 aromatic carbocycles. The summed E-state index contributed by atoms with van der Waals surface area (Å²) in [5.41, 5.74) is -0.675. The fourth-order valence-corrected chi connectivity index (χ4v) is 3.54. The lowest BCUT2D eigenvalue weighted by molar-refractivity contribution is -0.134. The summed E-state index contributed by atoms with van der Waals surface area (Å²) in [7, 11) is 0. The van der Waals surface area contributed by atoms with Crippen molar-refractivity contribution in [3.05, 3.63) is 59.1 Å². The van der Waals surface area contributed by atoms with E-state index in [1.165, 1.54) is 0 Å². The number of fused-ring (bicyclic) bond motifs is 1. The molecule has 2 aliphatic heterocycles. The Hall–Kier alpha value is -3.26. The highest BCUT2D eigenvalue weighted by Gasteiger charge is 2.49. The van der Waals surface area contributed by atoms with E-state index in [-0.39, 0.29) is 19.3 Å². The minimum Gasteiger partial charge on any atom is -0.486 e. The fourth-order valence-electron chi connectivity index (χ4n) is 3.41. The van der Waals surface area contributed by atoms with Gasteiger partial charge in [-0.3, -0.25) is 14.5 Å². The summed E-state index contributed by atoms with van der Waals surface area (Å²) in [6.45, 7) is 1.68. The highest BCUT2D eigenvalue weighted by atomic mass is 35.5. The summed E-state index contributed by atoms with van der Waals surface area (Å²) < 4.78 is 11.4. The van der Waals surface area contributed by atoms with Crippen LogP contribution in [0.15, 0.2) is 48.5 Å². The third-order valence-corrected chi connectivity index (χ3v) is 5.34. The van der Waals surface area contributed by atoms with Gasteiger partial charge in [0.2, 0.25) is 5.91 Å². The maximum absolute atomic E-state index is 12.9. The van der Waals surface area contributed by atoms with Crippen LogP contribution in [0.2, 0.25) is 5.02 Å². The second kappa shape index (κ2) is 7.87. The molecule has 9 heteroatoms. The smallest absolute Gasteiger partial charge is 0.325 e. The summed E-state index contributed by atoms with van der Waals surface area (Å²) in [4.78, 5) is 38.5. The van der Waals surface area contributed by atoms with E-state index < -0.39 is 29.9 Å². The Morgan fingerprint density at radius 3 is 2.63 bits per heavy atom. The molecule has 0 saturated carbocycles. The van der Waals surface area contributed by atoms with Crippen molar-refractivity contribution >= 4 is 29.4 Å². The minimum absolute atomic E-state index is 0.186. The Bertz CT molecular complexity index is 996. The molecule has 2 unspecified atom stereocenters. The lowest BCUT2D eigenvalue weighted by atomic mass is 9.92. The van der Waals surface area contributed by atoms with Crippen LogP contribution in [0.1, 0.15) is 12.5 Å². The number of benzene rings is 2. The number of carbonyl (C=O) groups is 3. The first kappa shape index (κ1) is 20.0. The maximum atomic E-state index is 12.9. The molecule has 0 aliphatic carbocycles. The van der Waals surface area contributed by atoms with Crippen molar-refractivity contribution in [2.45, 2.75) is 18.6 Å². The number of rotatable bonds is 5. The van der Waals surface area contributed by atoms with E-state index in [0.29, 0.717) is 22.1 Å². The molecule has 4 rings (SSSR count). The van der Waals surface area contributed by atoms with Crippen molar-refractivity contribution in [2.24, 2.45) is 0 Å². The number of nitrogens with zero attached hydrogens (tertiary/aromatic N) is 1. The molecule has 1 fully saturated rings. The predicted octanol–water partition coefficient (Wildman–Crippen LogP) is 2.06. The molecule has 2 aromatic rings. The monoisotopic (exact) mass is 429 g/mol. The zero-order chi connectivity index (χ0) is 21.3. The van der Waals surface area contributed by atoms with Gasteiger partial charge in [-0.15, -0.1) is 0 Å². The summed E-state index contributed by atoms with van der Waals surface area (Å²) in [6, 6.07) is 13.3. The zero-order valence-electron chi connectivity index (χ0n) is 16.2. The number of hydrogen-bond donors (Lipinski definition) is 2. The van der Waals surface area contributed by atoms with E-state index in [2.05, 4.69) is 10.6 Å². The highest BCUT2D eigenvalue weighted by molar-refractivity contribution is 6.30. The third-order valence-electron chi connectivity index (χ3n) is 5.09. The van der Waals surface area contributed by atoms with Crippen LogP contribution in [-0.2, 0) is 15.1 Å². The van der Waals surface area contributed by atoms with Gasteiger partial charge in [-0.1, -0.05) is 35.9 Å². The van der Waals surface area contributed by atoms with E-state index in [0.717, 1.165) is 4.90 Å². The normalized spacial score (nSPS) is 22.6. The molecule has 0 radical (unpaired) electrons. The molecule has 2 N–H and O–H groups in total. The van der Waals surface area contributed by atoms with E-state index in [1.807, 2.05) is 12.1 Å². The first-order valence-corrected chi connectivity index (χ1v) is 9.80. The Labute approximate surface area is 178 Å². The average molecular weight is 430 g/mol. The van der Waals surface area contributed by atoms with Crippen LogP contribution in [0.4, 0.5) is 4.79 Å². The molecule has 0 bridgehead atoms. The molecule has 8 nitrogen and oxygen atoms in total. The Kier molecular flexibility index (Phi) is 5.26. The number of ether oxygens (including phenoxy) is 2. The van der Waals surface area contributed by atoms with Crippen molar-refractivity contribution in [1.29, 1.82) is 0 Å². The number of hydrogen-bond acceptors (Lipinski definition) is 5.